The number of carboxylic acid groups (broad SMARTS) is 1. The van der Waals surface area contributed by atoms with Gasteiger partial charge in [-0.2, -0.15) is 4.91 Å². The van der Waals surface area contributed by atoms with Crippen LogP contribution in [0.5, 0.6) is 0 Å². The zero-order valence-corrected chi connectivity index (χ0v) is 4.26. The molecule has 0 heterocycles. The van der Waals surface area contributed by atoms with Crippen molar-refractivity contribution in [3.8, 4) is 0 Å². The standard InChI is InChI=1S/C4H6O2.HNO/c1-2-3-4(5)6;1-2/h2H,1,3H2,(H,5,6);1H. The monoisotopic (exact) mass is 117 g/mol. The first-order valence-electron chi connectivity index (χ1n) is 1.80. The molecule has 2 N–H and O–H groups in total. The fraction of sp³-hybridized carbons (Fsp3) is 0.250. The van der Waals surface area contributed by atoms with Crippen molar-refractivity contribution in [2.75, 3.05) is 0 Å². The first kappa shape index (κ1) is 9.94. The zero-order chi connectivity index (χ0) is 6.99. The minimum Gasteiger partial charge on any atom is -0.481 e. The molecule has 0 saturated heterocycles. The molecule has 46 valence electrons. The summed E-state index contributed by atoms with van der Waals surface area (Å²) in [6.45, 7) is 3.22. The number of rotatable bonds is 2. The highest BCUT2D eigenvalue weighted by atomic mass is 16.4. The topological polar surface area (TPSA) is 78.2 Å². The maximum Gasteiger partial charge on any atom is 0.307 e. The Hall–Kier alpha value is -1.19. The van der Waals surface area contributed by atoms with Crippen molar-refractivity contribution >= 4 is 5.97 Å². The van der Waals surface area contributed by atoms with E-state index < -0.39 is 5.97 Å². The van der Waals surface area contributed by atoms with Gasteiger partial charge < -0.3 is 5.11 Å². The highest BCUT2D eigenvalue weighted by Gasteiger charge is 1.84. The fourth-order valence-electron chi connectivity index (χ4n) is 0.123. The fourth-order valence-corrected chi connectivity index (χ4v) is 0.123. The number of nitrogens with one attached hydrogen (secondary N) is 1. The molecule has 0 atom stereocenters. The number of hydrogen-bond acceptors (Lipinski definition) is 3. The van der Waals surface area contributed by atoms with E-state index in [1.54, 1.807) is 0 Å². The van der Waals surface area contributed by atoms with E-state index in [1.165, 1.54) is 6.08 Å². The van der Waals surface area contributed by atoms with Crippen LogP contribution >= 0.6 is 0 Å². The Morgan fingerprint density at radius 2 is 2.12 bits per heavy atom. The first-order chi connectivity index (χ1) is 3.77. The molecule has 8 heavy (non-hydrogen) atoms. The van der Waals surface area contributed by atoms with E-state index in [0.717, 1.165) is 0 Å². The predicted molar refractivity (Wildman–Crippen MR) is 28.5 cm³/mol. The number of carbonyl (C=O) groups is 1. The van der Waals surface area contributed by atoms with Gasteiger partial charge in [0.2, 0.25) is 0 Å². The summed E-state index contributed by atoms with van der Waals surface area (Å²) in [4.78, 5) is 17.0. The second-order valence-electron chi connectivity index (χ2n) is 0.887. The Kier molecular flexibility index (Phi) is 11.5. The molecule has 0 aliphatic rings. The summed E-state index contributed by atoms with van der Waals surface area (Å²) in [6, 6.07) is 0. The van der Waals surface area contributed by atoms with Gasteiger partial charge in [0.15, 0.2) is 0 Å². The lowest BCUT2D eigenvalue weighted by Gasteiger charge is -1.75. The van der Waals surface area contributed by atoms with Crippen molar-refractivity contribution in [1.82, 2.24) is 0 Å². The van der Waals surface area contributed by atoms with E-state index in [2.05, 4.69) is 12.2 Å². The van der Waals surface area contributed by atoms with Crippen LogP contribution in [0, 0.1) is 10.5 Å². The SMILES string of the molecule is C=CCC(=O)O.N=O. The molecule has 4 heteroatoms. The molecule has 0 unspecified atom stereocenters. The summed E-state index contributed by atoms with van der Waals surface area (Å²) in [5.41, 5.74) is 4.50. The van der Waals surface area contributed by atoms with Crippen LogP contribution in [0.25, 0.3) is 0 Å². The second kappa shape index (κ2) is 9.26. The number of carboxylic acids is 1. The second-order valence-corrected chi connectivity index (χ2v) is 0.887. The largest absolute Gasteiger partial charge is 0.481 e. The molecule has 0 bridgehead atoms. The third kappa shape index (κ3) is 21.3. The van der Waals surface area contributed by atoms with Crippen LogP contribution in [0.15, 0.2) is 12.7 Å². The Labute approximate surface area is 46.6 Å². The van der Waals surface area contributed by atoms with Crippen LogP contribution in [0.1, 0.15) is 6.42 Å². The number of nitroso groups, excluding NO2 is 1. The van der Waals surface area contributed by atoms with Gasteiger partial charge in [0.25, 0.3) is 0 Å². The van der Waals surface area contributed by atoms with E-state index >= 15 is 0 Å². The molecule has 0 rings (SSSR count). The summed E-state index contributed by atoms with van der Waals surface area (Å²) in [5.74, 6) is -0.829. The lowest BCUT2D eigenvalue weighted by atomic mass is 10.4. The summed E-state index contributed by atoms with van der Waals surface area (Å²) in [6.07, 6.45) is 1.41. The van der Waals surface area contributed by atoms with Crippen LogP contribution in [0.2, 0.25) is 0 Å². The minimum absolute atomic E-state index is 0.0556. The molecule has 0 aromatic carbocycles. The molecule has 0 aliphatic carbocycles. The van der Waals surface area contributed by atoms with Crippen molar-refractivity contribution in [3.05, 3.63) is 17.6 Å². The van der Waals surface area contributed by atoms with E-state index in [0.29, 0.717) is 0 Å². The molecule has 0 aromatic rings. The molecule has 0 spiro atoms. The average molecular weight is 117 g/mol. The lowest BCUT2D eigenvalue weighted by Crippen LogP contribution is -1.88. The molecule has 0 aromatic heterocycles. The van der Waals surface area contributed by atoms with Crippen LogP contribution in [0.3, 0.4) is 0 Å². The normalized spacial score (nSPS) is 6.00. The van der Waals surface area contributed by atoms with Gasteiger partial charge in [-0.1, -0.05) is 11.7 Å². The van der Waals surface area contributed by atoms with Gasteiger partial charge in [0, 0.05) is 0 Å². The van der Waals surface area contributed by atoms with Gasteiger partial charge in [-0.15, -0.1) is 6.58 Å². The van der Waals surface area contributed by atoms with Gasteiger partial charge in [-0.25, -0.2) is 0 Å². The highest BCUT2D eigenvalue weighted by Crippen LogP contribution is 1.74. The van der Waals surface area contributed by atoms with Crippen LogP contribution in [-0.4, -0.2) is 11.1 Å². The summed E-state index contributed by atoms with van der Waals surface area (Å²) >= 11 is 0. The zero-order valence-electron chi connectivity index (χ0n) is 4.26. The maximum atomic E-state index is 9.53. The Balaban J connectivity index is 0. The van der Waals surface area contributed by atoms with Gasteiger partial charge in [-0.3, -0.25) is 4.79 Å². The van der Waals surface area contributed by atoms with E-state index in [1.807, 2.05) is 0 Å². The Morgan fingerprint density at radius 1 is 1.75 bits per heavy atom. The predicted octanol–water partition coefficient (Wildman–Crippen LogP) is 0.979. The number of hydrogen-bond donors (Lipinski definition) is 2. The number of aliphatic carboxylic acids is 1. The van der Waals surface area contributed by atoms with Crippen molar-refractivity contribution in [3.63, 3.8) is 0 Å². The summed E-state index contributed by atoms with van der Waals surface area (Å²) in [7, 11) is 0. The first-order valence-corrected chi connectivity index (χ1v) is 1.80. The van der Waals surface area contributed by atoms with Gasteiger partial charge in [0.05, 0.1) is 6.42 Å². The van der Waals surface area contributed by atoms with Gasteiger partial charge >= 0.3 is 5.97 Å². The van der Waals surface area contributed by atoms with E-state index in [9.17, 15) is 4.79 Å². The van der Waals surface area contributed by atoms with Crippen molar-refractivity contribution in [2.45, 2.75) is 6.42 Å². The van der Waals surface area contributed by atoms with Crippen molar-refractivity contribution < 1.29 is 9.90 Å². The van der Waals surface area contributed by atoms with Crippen LogP contribution < -0.4 is 0 Å². The third-order valence-electron chi connectivity index (χ3n) is 0.319. The minimum atomic E-state index is -0.829. The van der Waals surface area contributed by atoms with Crippen molar-refractivity contribution in [2.24, 2.45) is 0 Å². The molecule has 0 fully saturated rings. The average Bonchev–Trinajstić information content (AvgIpc) is 1.72. The van der Waals surface area contributed by atoms with Gasteiger partial charge in [0.1, 0.15) is 0 Å². The lowest BCUT2D eigenvalue weighted by molar-refractivity contribution is -0.135. The van der Waals surface area contributed by atoms with Crippen molar-refractivity contribution in [1.29, 1.82) is 5.59 Å². The Bertz CT molecular complexity index is 81.4. The summed E-state index contributed by atoms with van der Waals surface area (Å²) in [5, 5.41) is 7.84. The van der Waals surface area contributed by atoms with E-state index in [4.69, 9.17) is 10.0 Å². The van der Waals surface area contributed by atoms with Gasteiger partial charge in [-0.05, 0) is 0 Å². The molecular formula is C4H7NO3. The molecule has 4 nitrogen and oxygen atoms in total. The molecule has 0 amide bonds. The molecule has 0 radical (unpaired) electrons. The summed E-state index contributed by atoms with van der Waals surface area (Å²) < 4.78 is 0. The smallest absolute Gasteiger partial charge is 0.307 e. The third-order valence-corrected chi connectivity index (χ3v) is 0.319. The molecule has 0 saturated carbocycles. The van der Waals surface area contributed by atoms with Crippen LogP contribution in [0.4, 0.5) is 0 Å². The molecular weight excluding hydrogens is 110 g/mol. The van der Waals surface area contributed by atoms with E-state index in [-0.39, 0.29) is 6.42 Å². The van der Waals surface area contributed by atoms with Crippen LogP contribution in [-0.2, 0) is 4.79 Å². The molecule has 0 aliphatic heterocycles. The quantitative estimate of drug-likeness (QED) is 0.418. The maximum absolute atomic E-state index is 9.53. The highest BCUT2D eigenvalue weighted by molar-refractivity contribution is 5.68. The Morgan fingerprint density at radius 3 is 2.12 bits per heavy atom.